The van der Waals surface area contributed by atoms with Gasteiger partial charge in [-0.3, -0.25) is 23.7 Å². The first kappa shape index (κ1) is 30.6. The molecule has 1 saturated heterocycles. The fourth-order valence-corrected chi connectivity index (χ4v) is 5.20. The van der Waals surface area contributed by atoms with Gasteiger partial charge in [-0.1, -0.05) is 0 Å². The van der Waals surface area contributed by atoms with Gasteiger partial charge in [0.25, 0.3) is 0 Å². The average Bonchev–Trinajstić information content (AvgIpc) is 2.71. The molecule has 1 unspecified atom stereocenters. The first-order valence-electron chi connectivity index (χ1n) is 10.1. The molecule has 1 fully saturated rings. The van der Waals surface area contributed by atoms with E-state index in [9.17, 15) is 28.6 Å². The Morgan fingerprint density at radius 1 is 0.912 bits per heavy atom. The molecule has 196 valence electrons. The molecule has 0 spiro atoms. The van der Waals surface area contributed by atoms with E-state index in [1.807, 2.05) is 0 Å². The second-order valence-electron chi connectivity index (χ2n) is 7.08. The van der Waals surface area contributed by atoms with Gasteiger partial charge in [0.05, 0.1) is 0 Å². The zero-order valence-corrected chi connectivity index (χ0v) is 21.5. The lowest BCUT2D eigenvalue weighted by atomic mass is 9.97. The molecule has 0 aliphatic carbocycles. The number of rotatable bonds is 12. The highest BCUT2D eigenvalue weighted by Crippen LogP contribution is 2.45. The Labute approximate surface area is 206 Å². The molecule has 1 heterocycles. The van der Waals surface area contributed by atoms with Crippen LogP contribution in [0.15, 0.2) is 0 Å². The Hall–Kier alpha value is -1.47. The van der Waals surface area contributed by atoms with Gasteiger partial charge in [0, 0.05) is 52.5 Å². The Bertz CT molecular complexity index is 787. The zero-order chi connectivity index (χ0) is 26.1. The van der Waals surface area contributed by atoms with Crippen LogP contribution >= 0.6 is 30.9 Å². The third kappa shape index (κ3) is 9.29. The van der Waals surface area contributed by atoms with Crippen LogP contribution < -0.4 is 5.09 Å². The number of hydrogen-bond acceptors (Lipinski definition) is 10. The van der Waals surface area contributed by atoms with Crippen LogP contribution in [-0.2, 0) is 47.4 Å². The molecule has 16 heteroatoms. The number of halogens is 2. The van der Waals surface area contributed by atoms with Gasteiger partial charge in [-0.05, 0) is 0 Å². The van der Waals surface area contributed by atoms with Crippen LogP contribution in [0.1, 0.15) is 27.7 Å². The second-order valence-corrected chi connectivity index (χ2v) is 9.76. The van der Waals surface area contributed by atoms with Crippen LogP contribution in [0.5, 0.6) is 0 Å². The molecule has 6 atom stereocenters. The van der Waals surface area contributed by atoms with Crippen molar-refractivity contribution in [1.82, 2.24) is 9.76 Å². The summed E-state index contributed by atoms with van der Waals surface area (Å²) in [4.78, 5) is 57.7. The number of alkyl halides is 2. The summed E-state index contributed by atoms with van der Waals surface area (Å²) in [5.74, 6) is -3.32. The first-order valence-corrected chi connectivity index (χ1v) is 12.8. The van der Waals surface area contributed by atoms with Gasteiger partial charge in [-0.25, -0.2) is 5.09 Å². The van der Waals surface area contributed by atoms with Crippen LogP contribution in [0.4, 0.5) is 0 Å². The number of carbonyl (C=O) groups is 4. The number of nitrogens with zero attached hydrogens (tertiary/aromatic N) is 1. The Morgan fingerprint density at radius 2 is 1.44 bits per heavy atom. The number of nitrogens with one attached hydrogen (secondary N) is 1. The van der Waals surface area contributed by atoms with Gasteiger partial charge < -0.3 is 28.6 Å². The summed E-state index contributed by atoms with van der Waals surface area (Å²) >= 11 is 11.5. The van der Waals surface area contributed by atoms with Gasteiger partial charge in [0.2, 0.25) is 0 Å². The van der Waals surface area contributed by atoms with Crippen molar-refractivity contribution < 1.29 is 52.3 Å². The lowest BCUT2D eigenvalue weighted by Crippen LogP contribution is -2.66. The molecular formula is C18H29Cl2N2O11P. The SMILES string of the molecule is CC(=O)OC[C@H]1O[C@@H](N(CCCl)P(=O)(O)NCCCl)[C@H](OC(C)=O)[C@@H](OC(C)=O)[C@@H]1OC(C)=O. The van der Waals surface area contributed by atoms with E-state index in [2.05, 4.69) is 5.09 Å². The van der Waals surface area contributed by atoms with Gasteiger partial charge >= 0.3 is 31.5 Å². The van der Waals surface area contributed by atoms with Crippen molar-refractivity contribution in [2.75, 3.05) is 31.5 Å². The summed E-state index contributed by atoms with van der Waals surface area (Å²) in [7, 11) is -4.42. The fourth-order valence-electron chi connectivity index (χ4n) is 3.23. The third-order valence-corrected chi connectivity index (χ3v) is 6.45. The lowest BCUT2D eigenvalue weighted by molar-refractivity contribution is -0.270. The van der Waals surface area contributed by atoms with Gasteiger partial charge in [0.15, 0.2) is 24.5 Å². The van der Waals surface area contributed by atoms with Gasteiger partial charge in [-0.15, -0.1) is 23.2 Å². The maximum Gasteiger partial charge on any atom is 0.343 e. The highest BCUT2D eigenvalue weighted by molar-refractivity contribution is 7.53. The predicted octanol–water partition coefficient (Wildman–Crippen LogP) is 0.539. The van der Waals surface area contributed by atoms with Crippen molar-refractivity contribution in [2.24, 2.45) is 0 Å². The minimum absolute atomic E-state index is 0.00214. The van der Waals surface area contributed by atoms with E-state index < -0.39 is 68.8 Å². The topological polar surface area (TPSA) is 167 Å². The molecule has 2 N–H and O–H groups in total. The molecule has 1 rings (SSSR count). The normalized spacial score (nSPS) is 26.3. The smallest absolute Gasteiger partial charge is 0.343 e. The number of carbonyl (C=O) groups excluding carboxylic acids is 4. The lowest BCUT2D eigenvalue weighted by Gasteiger charge is -2.48. The monoisotopic (exact) mass is 550 g/mol. The molecule has 0 aromatic heterocycles. The molecule has 13 nitrogen and oxygen atoms in total. The molecular weight excluding hydrogens is 522 g/mol. The highest BCUT2D eigenvalue weighted by atomic mass is 35.5. The standard InChI is InChI=1S/C18H29Cl2N2O11P/c1-10(23)29-9-14-15(30-11(2)24)16(31-12(3)25)17(32-13(4)26)18(33-14)22(8-6-20)34(27,28)21-7-5-19/h14-18H,5-9H2,1-4H3,(H2,21,27,28)/t14-,15-,16+,17-,18-/m1/s1. The summed E-state index contributed by atoms with van der Waals surface area (Å²) < 4.78 is 40.8. The van der Waals surface area contributed by atoms with E-state index in [0.29, 0.717) is 0 Å². The molecule has 0 bridgehead atoms. The minimum atomic E-state index is -4.42. The maximum absolute atomic E-state index is 13.1. The molecule has 0 saturated carbocycles. The molecule has 34 heavy (non-hydrogen) atoms. The molecule has 0 aromatic rings. The summed E-state index contributed by atoms with van der Waals surface area (Å²) in [6.07, 6.45) is -7.25. The van der Waals surface area contributed by atoms with Crippen molar-refractivity contribution in [1.29, 1.82) is 0 Å². The largest absolute Gasteiger partial charge is 0.463 e. The minimum Gasteiger partial charge on any atom is -0.463 e. The number of esters is 4. The quantitative estimate of drug-likeness (QED) is 0.149. The Kier molecular flexibility index (Phi) is 12.7. The number of hydrogen-bond donors (Lipinski definition) is 2. The zero-order valence-electron chi connectivity index (χ0n) is 19.1. The summed E-state index contributed by atoms with van der Waals surface area (Å²) in [6.45, 7) is 3.54. The first-order chi connectivity index (χ1) is 15.8. The highest BCUT2D eigenvalue weighted by Gasteiger charge is 2.56. The van der Waals surface area contributed by atoms with Crippen LogP contribution in [0.2, 0.25) is 0 Å². The average molecular weight is 551 g/mol. The van der Waals surface area contributed by atoms with Crippen molar-refractivity contribution in [2.45, 2.75) is 58.3 Å². The van der Waals surface area contributed by atoms with Crippen molar-refractivity contribution in [3.8, 4) is 0 Å². The second kappa shape index (κ2) is 14.2. The molecule has 0 aromatic carbocycles. The molecule has 0 radical (unpaired) electrons. The van der Waals surface area contributed by atoms with Crippen molar-refractivity contribution in [3.63, 3.8) is 0 Å². The van der Waals surface area contributed by atoms with E-state index in [0.717, 1.165) is 32.4 Å². The van der Waals surface area contributed by atoms with Crippen molar-refractivity contribution in [3.05, 3.63) is 0 Å². The molecule has 1 aliphatic rings. The van der Waals surface area contributed by atoms with Crippen molar-refractivity contribution >= 4 is 54.7 Å². The van der Waals surface area contributed by atoms with Crippen LogP contribution in [-0.4, -0.2) is 95.5 Å². The van der Waals surface area contributed by atoms with Crippen LogP contribution in [0, 0.1) is 0 Å². The third-order valence-electron chi connectivity index (χ3n) is 4.33. The molecule has 1 aliphatic heterocycles. The predicted molar refractivity (Wildman–Crippen MR) is 118 cm³/mol. The van der Waals surface area contributed by atoms with E-state index in [1.54, 1.807) is 0 Å². The van der Waals surface area contributed by atoms with Crippen LogP contribution in [0.25, 0.3) is 0 Å². The summed E-state index contributed by atoms with van der Waals surface area (Å²) in [5.41, 5.74) is 0. The van der Waals surface area contributed by atoms with Crippen LogP contribution in [0.3, 0.4) is 0 Å². The maximum atomic E-state index is 13.1. The van der Waals surface area contributed by atoms with E-state index in [-0.39, 0.29) is 24.8 Å². The number of ether oxygens (including phenoxy) is 5. The van der Waals surface area contributed by atoms with E-state index in [1.165, 1.54) is 0 Å². The summed E-state index contributed by atoms with van der Waals surface area (Å²) in [5, 5.41) is 2.38. The van der Waals surface area contributed by atoms with Gasteiger partial charge in [-0.2, -0.15) is 4.67 Å². The molecule has 0 amide bonds. The fraction of sp³-hybridized carbons (Fsp3) is 0.778. The summed E-state index contributed by atoms with van der Waals surface area (Å²) in [6, 6.07) is 0. The Balaban J connectivity index is 3.60. The van der Waals surface area contributed by atoms with Gasteiger partial charge in [0.1, 0.15) is 12.7 Å². The van der Waals surface area contributed by atoms with E-state index >= 15 is 0 Å². The Morgan fingerprint density at radius 3 is 1.91 bits per heavy atom. The van der Waals surface area contributed by atoms with E-state index in [4.69, 9.17) is 46.9 Å².